The molecule has 1 aromatic rings. The Labute approximate surface area is 145 Å². The van der Waals surface area contributed by atoms with Crippen LogP contribution in [0.4, 0.5) is 4.79 Å². The van der Waals surface area contributed by atoms with E-state index in [-0.39, 0.29) is 5.91 Å². The summed E-state index contributed by atoms with van der Waals surface area (Å²) in [5.74, 6) is -0.241. The Morgan fingerprint density at radius 1 is 1.26 bits per heavy atom. The average molecular weight is 389 g/mol. The number of carbonyl (C=O) groups is 2. The highest BCUT2D eigenvalue weighted by molar-refractivity contribution is 9.10. The van der Waals surface area contributed by atoms with Crippen molar-refractivity contribution in [1.82, 2.24) is 10.0 Å². The van der Waals surface area contributed by atoms with Crippen LogP contribution in [0.2, 0.25) is 0 Å². The lowest BCUT2D eigenvalue weighted by molar-refractivity contribution is -0.135. The summed E-state index contributed by atoms with van der Waals surface area (Å²) in [6.07, 6.45) is 2.59. The standard InChI is InChI=1S/C16H25BrN2O4/c1-15(2,3)23-14(21)19-10-6-8-12(19)9-7-11-22-18-13(20)16(4,5)17/h6,8,10H,7,9,11H2,1-5H3,(H,18,20). The van der Waals surface area contributed by atoms with Crippen molar-refractivity contribution in [2.75, 3.05) is 6.61 Å². The van der Waals surface area contributed by atoms with E-state index in [1.54, 1.807) is 26.1 Å². The highest BCUT2D eigenvalue weighted by Crippen LogP contribution is 2.15. The third kappa shape index (κ3) is 7.18. The Balaban J connectivity index is 2.41. The van der Waals surface area contributed by atoms with Crippen LogP contribution in [0.1, 0.15) is 46.7 Å². The van der Waals surface area contributed by atoms with Crippen molar-refractivity contribution in [3.05, 3.63) is 24.0 Å². The summed E-state index contributed by atoms with van der Waals surface area (Å²) >= 11 is 3.25. The summed E-state index contributed by atoms with van der Waals surface area (Å²) < 4.78 is 6.17. The summed E-state index contributed by atoms with van der Waals surface area (Å²) in [6.45, 7) is 9.31. The molecule has 6 nitrogen and oxygen atoms in total. The van der Waals surface area contributed by atoms with Crippen molar-refractivity contribution in [3.63, 3.8) is 0 Å². The molecule has 0 aliphatic heterocycles. The lowest BCUT2D eigenvalue weighted by atomic mass is 10.2. The SMILES string of the molecule is CC(C)(C)OC(=O)n1cccc1CCCONC(=O)C(C)(C)Br. The van der Waals surface area contributed by atoms with E-state index in [1.165, 1.54) is 4.57 Å². The fourth-order valence-corrected chi connectivity index (χ4v) is 1.75. The molecule has 0 aliphatic carbocycles. The van der Waals surface area contributed by atoms with E-state index in [1.807, 2.05) is 26.8 Å². The molecule has 1 rings (SSSR count). The number of rotatable bonds is 6. The van der Waals surface area contributed by atoms with Crippen LogP contribution in [0.15, 0.2) is 18.3 Å². The number of carbonyl (C=O) groups excluding carboxylic acids is 2. The molecule has 130 valence electrons. The lowest BCUT2D eigenvalue weighted by Crippen LogP contribution is -2.37. The fraction of sp³-hybridized carbons (Fsp3) is 0.625. The van der Waals surface area contributed by atoms with E-state index in [9.17, 15) is 9.59 Å². The third-order valence-corrected chi connectivity index (χ3v) is 3.17. The fourth-order valence-electron chi connectivity index (χ4n) is 1.67. The summed E-state index contributed by atoms with van der Waals surface area (Å²) in [6, 6.07) is 3.67. The van der Waals surface area contributed by atoms with Gasteiger partial charge < -0.3 is 4.74 Å². The van der Waals surface area contributed by atoms with Crippen LogP contribution in [0, 0.1) is 0 Å². The smallest absolute Gasteiger partial charge is 0.418 e. The number of amides is 1. The molecule has 0 aromatic carbocycles. The molecule has 23 heavy (non-hydrogen) atoms. The zero-order valence-corrected chi connectivity index (χ0v) is 15.9. The molecule has 0 bridgehead atoms. The summed E-state index contributed by atoms with van der Waals surface area (Å²) in [5, 5.41) is 0. The van der Waals surface area contributed by atoms with Gasteiger partial charge >= 0.3 is 6.09 Å². The molecule has 0 atom stereocenters. The Hall–Kier alpha value is -1.34. The molecule has 1 heterocycles. The zero-order valence-electron chi connectivity index (χ0n) is 14.3. The van der Waals surface area contributed by atoms with Gasteiger partial charge in [-0.15, -0.1) is 0 Å². The predicted molar refractivity (Wildman–Crippen MR) is 91.5 cm³/mol. The molecule has 1 amide bonds. The predicted octanol–water partition coefficient (Wildman–Crippen LogP) is 3.43. The molecule has 0 aliphatic rings. The quantitative estimate of drug-likeness (QED) is 0.460. The molecule has 0 fully saturated rings. The van der Waals surface area contributed by atoms with Crippen molar-refractivity contribution in [2.24, 2.45) is 0 Å². The average Bonchev–Trinajstić information content (AvgIpc) is 2.83. The Morgan fingerprint density at radius 2 is 1.91 bits per heavy atom. The van der Waals surface area contributed by atoms with Gasteiger partial charge in [-0.3, -0.25) is 14.2 Å². The second kappa shape index (κ2) is 7.97. The maximum absolute atomic E-state index is 12.1. The van der Waals surface area contributed by atoms with Crippen LogP contribution in [0.3, 0.4) is 0 Å². The third-order valence-electron chi connectivity index (χ3n) is 2.81. The van der Waals surface area contributed by atoms with E-state index >= 15 is 0 Å². The topological polar surface area (TPSA) is 69.6 Å². The zero-order chi connectivity index (χ0) is 17.7. The molecular weight excluding hydrogens is 364 g/mol. The van der Waals surface area contributed by atoms with Gasteiger partial charge in [-0.1, -0.05) is 15.9 Å². The Morgan fingerprint density at radius 3 is 2.48 bits per heavy atom. The maximum atomic E-state index is 12.1. The van der Waals surface area contributed by atoms with Crippen LogP contribution >= 0.6 is 15.9 Å². The van der Waals surface area contributed by atoms with Crippen molar-refractivity contribution in [1.29, 1.82) is 0 Å². The van der Waals surface area contributed by atoms with Crippen molar-refractivity contribution >= 4 is 27.9 Å². The van der Waals surface area contributed by atoms with Gasteiger partial charge in [-0.2, -0.15) is 0 Å². The van der Waals surface area contributed by atoms with Crippen molar-refractivity contribution < 1.29 is 19.2 Å². The van der Waals surface area contributed by atoms with E-state index in [0.717, 1.165) is 5.69 Å². The molecule has 0 radical (unpaired) electrons. The number of aryl methyl sites for hydroxylation is 1. The molecule has 7 heteroatoms. The Bertz CT molecular complexity index is 541. The van der Waals surface area contributed by atoms with Gasteiger partial charge in [0.15, 0.2) is 0 Å². The van der Waals surface area contributed by atoms with E-state index in [4.69, 9.17) is 9.57 Å². The van der Waals surface area contributed by atoms with Crippen molar-refractivity contribution in [3.8, 4) is 0 Å². The first-order chi connectivity index (χ1) is 10.5. The minimum atomic E-state index is -0.668. The highest BCUT2D eigenvalue weighted by Gasteiger charge is 2.23. The molecule has 0 saturated heterocycles. The number of nitrogens with one attached hydrogen (secondary N) is 1. The minimum Gasteiger partial charge on any atom is -0.443 e. The number of ether oxygens (including phenoxy) is 1. The number of hydrogen-bond donors (Lipinski definition) is 1. The monoisotopic (exact) mass is 388 g/mol. The van der Waals surface area contributed by atoms with Gasteiger partial charge in [0.2, 0.25) is 0 Å². The summed E-state index contributed by atoms with van der Waals surface area (Å²) in [4.78, 5) is 28.8. The maximum Gasteiger partial charge on any atom is 0.418 e. The van der Waals surface area contributed by atoms with Gasteiger partial charge in [0.05, 0.1) is 6.61 Å². The first-order valence-corrected chi connectivity index (χ1v) is 8.31. The van der Waals surface area contributed by atoms with Crippen LogP contribution in [0.25, 0.3) is 0 Å². The van der Waals surface area contributed by atoms with Gasteiger partial charge in [0, 0.05) is 11.9 Å². The van der Waals surface area contributed by atoms with E-state index in [0.29, 0.717) is 19.4 Å². The summed E-state index contributed by atoms with van der Waals surface area (Å²) in [7, 11) is 0. The molecule has 1 aromatic heterocycles. The van der Waals surface area contributed by atoms with Crippen LogP contribution in [-0.2, 0) is 20.8 Å². The largest absolute Gasteiger partial charge is 0.443 e. The van der Waals surface area contributed by atoms with Gasteiger partial charge in [-0.05, 0) is 59.6 Å². The lowest BCUT2D eigenvalue weighted by Gasteiger charge is -2.20. The second-order valence-electron chi connectivity index (χ2n) is 6.71. The van der Waals surface area contributed by atoms with E-state index < -0.39 is 16.0 Å². The minimum absolute atomic E-state index is 0.241. The van der Waals surface area contributed by atoms with Crippen LogP contribution in [-0.4, -0.2) is 33.1 Å². The molecule has 0 spiro atoms. The molecule has 0 saturated carbocycles. The van der Waals surface area contributed by atoms with E-state index in [2.05, 4.69) is 21.4 Å². The van der Waals surface area contributed by atoms with Crippen LogP contribution in [0.5, 0.6) is 0 Å². The number of hydroxylamine groups is 1. The van der Waals surface area contributed by atoms with Gasteiger partial charge in [0.1, 0.15) is 9.93 Å². The normalized spacial score (nSPS) is 12.1. The first kappa shape index (κ1) is 19.7. The van der Waals surface area contributed by atoms with Crippen LogP contribution < -0.4 is 5.48 Å². The van der Waals surface area contributed by atoms with Gasteiger partial charge in [-0.25, -0.2) is 10.3 Å². The number of hydrogen-bond acceptors (Lipinski definition) is 4. The number of aromatic nitrogens is 1. The number of halogens is 1. The van der Waals surface area contributed by atoms with Gasteiger partial charge in [0.25, 0.3) is 5.91 Å². The van der Waals surface area contributed by atoms with Crippen molar-refractivity contribution in [2.45, 2.75) is 57.4 Å². The molecule has 1 N–H and O–H groups in total. The highest BCUT2D eigenvalue weighted by atomic mass is 79.9. The molecular formula is C16H25BrN2O4. The second-order valence-corrected chi connectivity index (χ2v) is 8.69. The summed E-state index contributed by atoms with van der Waals surface area (Å²) in [5.41, 5.74) is 2.70. The molecule has 0 unspecified atom stereocenters. The first-order valence-electron chi connectivity index (χ1n) is 7.51. The number of nitrogens with zero attached hydrogens (tertiary/aromatic N) is 1. The Kier molecular flexibility index (Phi) is 6.83. The number of alkyl halides is 1.